The molecule has 12 unspecified atom stereocenters. The molecule has 4 heterocycles. The van der Waals surface area contributed by atoms with Crippen LogP contribution in [0, 0.1) is 11.8 Å². The molecule has 4 aliphatic rings. The number of likely N-dealkylation sites (tertiary alicyclic amines) is 2. The number of nitrogens with zero attached hydrogens (tertiary/aromatic N) is 2. The van der Waals surface area contributed by atoms with Crippen molar-refractivity contribution in [3.05, 3.63) is 0 Å². The van der Waals surface area contributed by atoms with Crippen molar-refractivity contribution in [2.24, 2.45) is 11.8 Å². The molecule has 4 fully saturated rings. The normalized spacial score (nSPS) is 28.7. The molecule has 0 aromatic heterocycles. The Morgan fingerprint density at radius 1 is 0.632 bits per heavy atom. The molecule has 0 bridgehead atoms. The lowest BCUT2D eigenvalue weighted by Crippen LogP contribution is -2.55. The average molecular weight is 1290 g/mol. The standard InChI is InChI=1S/C57H101N5O23P2/c1-37-52(72)54(74)46(33-63)83-56(37)79-27-17-13-21-48(68)59-26-16-12-19-44(60-49(69)22-14-18-28-80-57-38(2)53(73)55(75)47(34-64)84-57)45(67)20-9-6-7-10-23-50(70)61-31-42(66)29-40(61)35-81-86(76)85-43-30-41(36-82-87(5,77)78-4)62(32-43)51(71)24-11-8-15-25-58-39(3)65/h37-38,40-44,46-47,52-57,63-64,66,72-75H,6-36H2,1-5H3,(H2-,58,59,60,65,68,69)/p+1/t37?,38?,40-,41-,42+,43+,44-,46?,47?,52?,53?,54?,55?,56?,57?,87?/m0/s1. The number of rotatable bonds is 43. The van der Waals surface area contributed by atoms with E-state index in [4.69, 9.17) is 37.0 Å². The smallest absolute Gasteiger partial charge is 0.394 e. The Morgan fingerprint density at radius 3 is 1.70 bits per heavy atom. The second-order valence-electron chi connectivity index (χ2n) is 23.4. The van der Waals surface area contributed by atoms with Gasteiger partial charge in [0.05, 0.1) is 62.8 Å². The number of aliphatic hydroxyl groups excluding tert-OH is 7. The molecular formula is C57H102N5O23P2+. The fourth-order valence-electron chi connectivity index (χ4n) is 10.9. The summed E-state index contributed by atoms with van der Waals surface area (Å²) in [7, 11) is -4.83. The summed E-state index contributed by atoms with van der Waals surface area (Å²) < 4.78 is 70.2. The van der Waals surface area contributed by atoms with Crippen molar-refractivity contribution in [3.63, 3.8) is 0 Å². The first kappa shape index (κ1) is 76.2. The number of unbranched alkanes of at least 4 members (excludes halogenated alkanes) is 8. The minimum Gasteiger partial charge on any atom is -0.394 e. The van der Waals surface area contributed by atoms with Crippen molar-refractivity contribution in [2.75, 3.05) is 79.6 Å². The van der Waals surface area contributed by atoms with Crippen molar-refractivity contribution >= 4 is 51.2 Å². The number of aliphatic hydroxyl groups is 7. The highest BCUT2D eigenvalue weighted by molar-refractivity contribution is 7.52. The molecule has 0 aromatic carbocycles. The Bertz CT molecular complexity index is 2150. The summed E-state index contributed by atoms with van der Waals surface area (Å²) in [6.07, 6.45) is -1.04. The number of carbonyl (C=O) groups is 6. The summed E-state index contributed by atoms with van der Waals surface area (Å²) in [5, 5.41) is 78.9. The molecular weight excluding hydrogens is 1180 g/mol. The van der Waals surface area contributed by atoms with Crippen LogP contribution in [0.3, 0.4) is 0 Å². The number of ether oxygens (including phenoxy) is 4. The van der Waals surface area contributed by atoms with Gasteiger partial charge < -0.3 is 89.5 Å². The molecule has 0 radical (unpaired) electrons. The molecule has 0 saturated carbocycles. The van der Waals surface area contributed by atoms with Crippen LogP contribution in [0.4, 0.5) is 0 Å². The SMILES string of the molecule is COP(C)(=O)OC[C@@H]1C[C@@H](O[P+](=O)OC[C@@H]2C[C@@H](O)CN2C(=O)CCCCCCC(=O)[C@H](CCCCNC(=O)CCCCOC2OC(CO)C(O)C(O)C2C)NC(=O)CCCCOC2OC(CO)C(O)C(O)C2C)CN1C(=O)CCCCCNC(C)=O. The quantitative estimate of drug-likeness (QED) is 0.0308. The largest absolute Gasteiger partial charge is 0.697 e. The van der Waals surface area contributed by atoms with Gasteiger partial charge in [-0.15, -0.1) is 9.05 Å². The molecule has 0 aromatic rings. The van der Waals surface area contributed by atoms with Crippen molar-refractivity contribution in [2.45, 2.75) is 235 Å². The topological polar surface area (TPSA) is 395 Å². The van der Waals surface area contributed by atoms with Gasteiger partial charge in [0.25, 0.3) is 0 Å². The summed E-state index contributed by atoms with van der Waals surface area (Å²) in [6, 6.07) is -1.88. The Hall–Kier alpha value is -3.25. The van der Waals surface area contributed by atoms with E-state index in [0.717, 1.165) is 0 Å². The monoisotopic (exact) mass is 1290 g/mol. The number of nitrogens with one attached hydrogen (secondary N) is 3. The van der Waals surface area contributed by atoms with Gasteiger partial charge in [0.2, 0.25) is 29.5 Å². The highest BCUT2D eigenvalue weighted by Crippen LogP contribution is 2.44. The van der Waals surface area contributed by atoms with Crippen LogP contribution in [0.5, 0.6) is 0 Å². The van der Waals surface area contributed by atoms with Crippen LogP contribution >= 0.6 is 15.9 Å². The lowest BCUT2D eigenvalue weighted by atomic mass is 9.92. The minimum atomic E-state index is -3.38. The van der Waals surface area contributed by atoms with E-state index in [1.807, 2.05) is 0 Å². The van der Waals surface area contributed by atoms with Crippen molar-refractivity contribution in [1.82, 2.24) is 25.8 Å². The maximum absolute atomic E-state index is 13.7. The summed E-state index contributed by atoms with van der Waals surface area (Å²) in [5.74, 6) is -2.25. The minimum absolute atomic E-state index is 0.0721. The lowest BCUT2D eigenvalue weighted by molar-refractivity contribution is -0.282. The molecule has 28 nitrogen and oxygen atoms in total. The Balaban J connectivity index is 1.18. The van der Waals surface area contributed by atoms with Crippen molar-refractivity contribution in [3.8, 4) is 0 Å². The number of carbonyl (C=O) groups excluding carboxylic acids is 6. The second-order valence-corrected chi connectivity index (χ2v) is 26.5. The number of hydrogen-bond donors (Lipinski definition) is 10. The molecule has 4 saturated heterocycles. The lowest BCUT2D eigenvalue weighted by Gasteiger charge is -2.40. The van der Waals surface area contributed by atoms with Crippen LogP contribution in [0.1, 0.15) is 156 Å². The van der Waals surface area contributed by atoms with Gasteiger partial charge in [-0.25, -0.2) is 0 Å². The molecule has 87 heavy (non-hydrogen) atoms. The van der Waals surface area contributed by atoms with Crippen LogP contribution in [0.2, 0.25) is 0 Å². The number of ketones is 1. The predicted octanol–water partition coefficient (Wildman–Crippen LogP) is 2.00. The van der Waals surface area contributed by atoms with Gasteiger partial charge in [0.15, 0.2) is 18.4 Å². The number of β-amino-alcohol motifs (C(OH)–C–C–N with tert-alkyl or cyclic N) is 1. The molecule has 4 rings (SSSR count). The van der Waals surface area contributed by atoms with E-state index in [0.29, 0.717) is 103 Å². The van der Waals surface area contributed by atoms with E-state index in [1.54, 1.807) is 18.7 Å². The predicted molar refractivity (Wildman–Crippen MR) is 313 cm³/mol. The zero-order valence-corrected chi connectivity index (χ0v) is 53.3. The van der Waals surface area contributed by atoms with Crippen LogP contribution in [-0.4, -0.2) is 240 Å². The van der Waals surface area contributed by atoms with Crippen molar-refractivity contribution < 1.29 is 111 Å². The molecule has 5 amide bonds. The molecule has 0 aliphatic carbocycles. The molecule has 502 valence electrons. The van der Waals surface area contributed by atoms with Gasteiger partial charge in [-0.05, 0) is 77.0 Å². The first-order valence-electron chi connectivity index (χ1n) is 31.1. The van der Waals surface area contributed by atoms with Crippen LogP contribution in [0.15, 0.2) is 0 Å². The number of hydrogen-bond acceptors (Lipinski definition) is 23. The summed E-state index contributed by atoms with van der Waals surface area (Å²) in [5.41, 5.74) is 0. The third kappa shape index (κ3) is 27.2. The van der Waals surface area contributed by atoms with E-state index < -0.39 is 120 Å². The average Bonchev–Trinajstić information content (AvgIpc) is 1.82. The Morgan fingerprint density at radius 2 is 1.14 bits per heavy atom. The maximum atomic E-state index is 13.7. The molecule has 17 atom stereocenters. The molecule has 30 heteroatoms. The zero-order chi connectivity index (χ0) is 64.1. The second kappa shape index (κ2) is 40.6. The zero-order valence-electron chi connectivity index (χ0n) is 51.5. The van der Waals surface area contributed by atoms with Gasteiger partial charge >= 0.3 is 15.9 Å². The van der Waals surface area contributed by atoms with Gasteiger partial charge in [-0.3, -0.25) is 33.3 Å². The Kier molecular flexibility index (Phi) is 35.5. The van der Waals surface area contributed by atoms with Gasteiger partial charge in [0.1, 0.15) is 37.1 Å². The molecule has 4 aliphatic heterocycles. The maximum Gasteiger partial charge on any atom is 0.697 e. The first-order valence-corrected chi connectivity index (χ1v) is 34.2. The first-order chi connectivity index (χ1) is 41.5. The van der Waals surface area contributed by atoms with Gasteiger partial charge in [-0.1, -0.05) is 33.1 Å². The van der Waals surface area contributed by atoms with E-state index in [9.17, 15) is 73.6 Å². The highest BCUT2D eigenvalue weighted by Gasteiger charge is 2.45. The Labute approximate surface area is 512 Å². The van der Waals surface area contributed by atoms with Crippen molar-refractivity contribution in [1.29, 1.82) is 0 Å². The molecule has 0 spiro atoms. The number of Topliss-reactive ketones (excluding diaryl/α,β-unsaturated/α-hetero) is 1. The van der Waals surface area contributed by atoms with Gasteiger partial charge in [0, 0.05) is 108 Å². The van der Waals surface area contributed by atoms with Gasteiger partial charge in [-0.2, -0.15) is 0 Å². The third-order valence-electron chi connectivity index (χ3n) is 16.4. The third-order valence-corrected chi connectivity index (χ3v) is 18.5. The van der Waals surface area contributed by atoms with E-state index in [2.05, 4.69) is 16.0 Å². The van der Waals surface area contributed by atoms with Crippen LogP contribution < -0.4 is 16.0 Å². The van der Waals surface area contributed by atoms with E-state index in [-0.39, 0.29) is 120 Å². The van der Waals surface area contributed by atoms with E-state index >= 15 is 0 Å². The van der Waals surface area contributed by atoms with Crippen LogP contribution in [0.25, 0.3) is 0 Å². The summed E-state index contributed by atoms with van der Waals surface area (Å²) in [4.78, 5) is 80.5. The fourth-order valence-corrected chi connectivity index (χ4v) is 12.2. The van der Waals surface area contributed by atoms with Crippen LogP contribution in [-0.2, 0) is 74.9 Å². The van der Waals surface area contributed by atoms with E-state index in [1.165, 1.54) is 25.6 Å². The summed E-state index contributed by atoms with van der Waals surface area (Å²) >= 11 is 0. The number of amides is 5. The fraction of sp³-hybridized carbons (Fsp3) is 0.895. The highest BCUT2D eigenvalue weighted by atomic mass is 31.2. The molecule has 10 N–H and O–H groups in total. The summed E-state index contributed by atoms with van der Waals surface area (Å²) in [6.45, 7) is 6.29.